The normalized spacial score (nSPS) is 28.5. The van der Waals surface area contributed by atoms with Crippen LogP contribution in [0.1, 0.15) is 58.8 Å². The highest BCUT2D eigenvalue weighted by atomic mass is 14.0. The van der Waals surface area contributed by atoms with Gasteiger partial charge in [-0.1, -0.05) is 47.6 Å². The standard InChI is InChI=1S/C17H26/c1-15-9-5-4-6-10-16(2)12-8-14-17(3)13-7-11-15/h5,9,12-13H,1,4,6-8,10-11,14H2,2-3H3/b9-5-,16-12-,17-13-. The van der Waals surface area contributed by atoms with E-state index in [9.17, 15) is 0 Å². The topological polar surface area (TPSA) is 0 Å². The second-order valence-corrected chi connectivity index (χ2v) is 5.13. The van der Waals surface area contributed by atoms with Gasteiger partial charge in [0.1, 0.15) is 0 Å². The Kier molecular flexibility index (Phi) is 6.69. The predicted molar refractivity (Wildman–Crippen MR) is 78.1 cm³/mol. The van der Waals surface area contributed by atoms with Crippen LogP contribution in [0.15, 0.2) is 47.6 Å². The molecule has 0 nitrogen and oxygen atoms in total. The molecule has 94 valence electrons. The molecule has 0 heterocycles. The van der Waals surface area contributed by atoms with E-state index in [2.05, 4.69) is 44.7 Å². The summed E-state index contributed by atoms with van der Waals surface area (Å²) in [7, 11) is 0. The minimum Gasteiger partial charge on any atom is -0.0958 e. The lowest BCUT2D eigenvalue weighted by molar-refractivity contribution is 0.818. The summed E-state index contributed by atoms with van der Waals surface area (Å²) in [5, 5.41) is 0. The van der Waals surface area contributed by atoms with Crippen molar-refractivity contribution in [2.45, 2.75) is 58.8 Å². The van der Waals surface area contributed by atoms with Gasteiger partial charge in [-0.2, -0.15) is 0 Å². The lowest BCUT2D eigenvalue weighted by Gasteiger charge is -2.04. The maximum Gasteiger partial charge on any atom is -0.0250 e. The summed E-state index contributed by atoms with van der Waals surface area (Å²) in [6.07, 6.45) is 17.6. The first-order chi connectivity index (χ1) is 8.18. The van der Waals surface area contributed by atoms with Gasteiger partial charge in [-0.05, 0) is 58.8 Å². The third-order valence-corrected chi connectivity index (χ3v) is 3.29. The maximum atomic E-state index is 4.10. The number of rotatable bonds is 0. The van der Waals surface area contributed by atoms with Crippen LogP contribution in [-0.2, 0) is 0 Å². The van der Waals surface area contributed by atoms with Crippen LogP contribution in [0.4, 0.5) is 0 Å². The quantitative estimate of drug-likeness (QED) is 0.466. The van der Waals surface area contributed by atoms with Gasteiger partial charge >= 0.3 is 0 Å². The molecule has 0 unspecified atom stereocenters. The van der Waals surface area contributed by atoms with E-state index in [-0.39, 0.29) is 0 Å². The first-order valence-corrected chi connectivity index (χ1v) is 6.84. The predicted octanol–water partition coefficient (Wildman–Crippen LogP) is 5.74. The number of hydrogen-bond donors (Lipinski definition) is 0. The summed E-state index contributed by atoms with van der Waals surface area (Å²) in [6.45, 7) is 8.60. The van der Waals surface area contributed by atoms with Crippen LogP contribution in [0.25, 0.3) is 0 Å². The van der Waals surface area contributed by atoms with Crippen LogP contribution in [0.3, 0.4) is 0 Å². The smallest absolute Gasteiger partial charge is 0.0250 e. The molecule has 0 N–H and O–H groups in total. The molecule has 1 rings (SSSR count). The Morgan fingerprint density at radius 2 is 1.53 bits per heavy atom. The van der Waals surface area contributed by atoms with Crippen LogP contribution in [0.5, 0.6) is 0 Å². The van der Waals surface area contributed by atoms with Crippen LogP contribution in [0, 0.1) is 0 Å². The summed E-state index contributed by atoms with van der Waals surface area (Å²) < 4.78 is 0. The molecule has 0 radical (unpaired) electrons. The third kappa shape index (κ3) is 6.99. The molecule has 0 amide bonds. The van der Waals surface area contributed by atoms with E-state index in [1.165, 1.54) is 43.3 Å². The second-order valence-electron chi connectivity index (χ2n) is 5.13. The van der Waals surface area contributed by atoms with Crippen molar-refractivity contribution in [2.75, 3.05) is 0 Å². The number of allylic oxidation sites excluding steroid dienone is 7. The van der Waals surface area contributed by atoms with Gasteiger partial charge in [0.25, 0.3) is 0 Å². The molecule has 0 atom stereocenters. The van der Waals surface area contributed by atoms with Crippen LogP contribution >= 0.6 is 0 Å². The van der Waals surface area contributed by atoms with Crippen molar-refractivity contribution in [1.29, 1.82) is 0 Å². The van der Waals surface area contributed by atoms with Crippen LogP contribution in [-0.4, -0.2) is 0 Å². The van der Waals surface area contributed by atoms with Gasteiger partial charge in [0.05, 0.1) is 0 Å². The largest absolute Gasteiger partial charge is 0.0958 e. The Labute approximate surface area is 107 Å². The highest BCUT2D eigenvalue weighted by Gasteiger charge is 1.94. The number of hydrogen-bond acceptors (Lipinski definition) is 0. The molecular formula is C17H26. The van der Waals surface area contributed by atoms with Crippen molar-refractivity contribution in [3.8, 4) is 0 Å². The van der Waals surface area contributed by atoms with Crippen molar-refractivity contribution in [3.63, 3.8) is 0 Å². The fourth-order valence-corrected chi connectivity index (χ4v) is 2.09. The molecule has 0 fully saturated rings. The van der Waals surface area contributed by atoms with E-state index in [0.717, 1.165) is 12.8 Å². The monoisotopic (exact) mass is 230 g/mol. The minimum absolute atomic E-state index is 1.10. The first-order valence-electron chi connectivity index (χ1n) is 6.84. The van der Waals surface area contributed by atoms with Gasteiger partial charge in [-0.3, -0.25) is 0 Å². The summed E-state index contributed by atoms with van der Waals surface area (Å²) in [4.78, 5) is 0. The average Bonchev–Trinajstić information content (AvgIpc) is 2.27. The zero-order chi connectivity index (χ0) is 12.5. The SMILES string of the molecule is C=C1/C=C\CCC/C(C)=C\CC/C(C)=C\CC1. The van der Waals surface area contributed by atoms with Crippen molar-refractivity contribution in [2.24, 2.45) is 0 Å². The molecule has 0 saturated heterocycles. The van der Waals surface area contributed by atoms with E-state index < -0.39 is 0 Å². The zero-order valence-electron chi connectivity index (χ0n) is 11.5. The Morgan fingerprint density at radius 3 is 2.29 bits per heavy atom. The Bertz CT molecular complexity index is 326. The molecule has 0 bridgehead atoms. The molecular weight excluding hydrogens is 204 g/mol. The first kappa shape index (κ1) is 14.0. The highest BCUT2D eigenvalue weighted by molar-refractivity contribution is 5.16. The molecule has 0 aromatic rings. The fourth-order valence-electron chi connectivity index (χ4n) is 2.09. The zero-order valence-corrected chi connectivity index (χ0v) is 11.5. The van der Waals surface area contributed by atoms with Gasteiger partial charge in [-0.15, -0.1) is 0 Å². The van der Waals surface area contributed by atoms with Crippen LogP contribution in [0.2, 0.25) is 0 Å². The van der Waals surface area contributed by atoms with Crippen molar-refractivity contribution in [1.82, 2.24) is 0 Å². The van der Waals surface area contributed by atoms with E-state index in [1.807, 2.05) is 0 Å². The average molecular weight is 230 g/mol. The molecule has 0 aromatic carbocycles. The molecule has 0 aromatic heterocycles. The van der Waals surface area contributed by atoms with Gasteiger partial charge in [0.2, 0.25) is 0 Å². The lowest BCUT2D eigenvalue weighted by atomic mass is 10.0. The Balaban J connectivity index is 2.58. The molecule has 0 spiro atoms. The van der Waals surface area contributed by atoms with Gasteiger partial charge in [0, 0.05) is 0 Å². The summed E-state index contributed by atoms with van der Waals surface area (Å²) >= 11 is 0. The van der Waals surface area contributed by atoms with Gasteiger partial charge < -0.3 is 0 Å². The van der Waals surface area contributed by atoms with E-state index >= 15 is 0 Å². The summed E-state index contributed by atoms with van der Waals surface area (Å²) in [5.74, 6) is 0. The molecule has 1 aliphatic rings. The van der Waals surface area contributed by atoms with Crippen LogP contribution < -0.4 is 0 Å². The maximum absolute atomic E-state index is 4.10. The highest BCUT2D eigenvalue weighted by Crippen LogP contribution is 2.15. The summed E-state index contributed by atoms with van der Waals surface area (Å²) in [6, 6.07) is 0. The van der Waals surface area contributed by atoms with Gasteiger partial charge in [0.15, 0.2) is 0 Å². The minimum atomic E-state index is 1.10. The molecule has 0 saturated carbocycles. The second kappa shape index (κ2) is 8.11. The van der Waals surface area contributed by atoms with E-state index in [0.29, 0.717) is 0 Å². The molecule has 1 aliphatic carbocycles. The van der Waals surface area contributed by atoms with Crippen molar-refractivity contribution >= 4 is 0 Å². The Hall–Kier alpha value is -1.04. The lowest BCUT2D eigenvalue weighted by Crippen LogP contribution is -1.83. The van der Waals surface area contributed by atoms with E-state index in [1.54, 1.807) is 5.57 Å². The molecule has 0 aliphatic heterocycles. The Morgan fingerprint density at radius 1 is 0.882 bits per heavy atom. The molecule has 0 heteroatoms. The van der Waals surface area contributed by atoms with Crippen molar-refractivity contribution in [3.05, 3.63) is 47.6 Å². The third-order valence-electron chi connectivity index (χ3n) is 3.29. The van der Waals surface area contributed by atoms with E-state index in [4.69, 9.17) is 0 Å². The fraction of sp³-hybridized carbons (Fsp3) is 0.529. The van der Waals surface area contributed by atoms with Crippen molar-refractivity contribution < 1.29 is 0 Å². The summed E-state index contributed by atoms with van der Waals surface area (Å²) in [5.41, 5.74) is 4.32. The molecule has 17 heavy (non-hydrogen) atoms. The van der Waals surface area contributed by atoms with Gasteiger partial charge in [-0.25, -0.2) is 0 Å².